The first-order valence-corrected chi connectivity index (χ1v) is 7.81. The van der Waals surface area contributed by atoms with Gasteiger partial charge in [0.15, 0.2) is 0 Å². The van der Waals surface area contributed by atoms with Crippen LogP contribution in [0.5, 0.6) is 5.75 Å². The van der Waals surface area contributed by atoms with E-state index in [9.17, 15) is 4.79 Å². The zero-order chi connectivity index (χ0) is 16.8. The third-order valence-electron chi connectivity index (χ3n) is 3.43. The van der Waals surface area contributed by atoms with Crippen LogP contribution in [0.3, 0.4) is 0 Å². The number of carbonyl (C=O) groups excluding carboxylic acids is 1. The Balaban J connectivity index is 1.52. The monoisotopic (exact) mass is 321 g/mol. The Bertz CT molecular complexity index is 849. The molecule has 0 atom stereocenters. The van der Waals surface area contributed by atoms with E-state index < -0.39 is 0 Å². The van der Waals surface area contributed by atoms with Crippen molar-refractivity contribution < 1.29 is 9.53 Å². The summed E-state index contributed by atoms with van der Waals surface area (Å²) in [7, 11) is 0. The lowest BCUT2D eigenvalue weighted by atomic mass is 10.2. The standard InChI is InChI=1S/C19H19N3O2/c1-14(23)21-16-6-4-7-17(13-16)24-12-11-20-19-10-9-15-5-2-3-8-18(15)22-19/h2-10,13H,11-12H2,1H3,(H,20,22)(H,21,23). The van der Waals surface area contributed by atoms with Gasteiger partial charge in [-0.1, -0.05) is 24.3 Å². The summed E-state index contributed by atoms with van der Waals surface area (Å²) < 4.78 is 5.70. The van der Waals surface area contributed by atoms with Crippen LogP contribution in [0.15, 0.2) is 60.7 Å². The molecule has 0 bridgehead atoms. The van der Waals surface area contributed by atoms with Gasteiger partial charge < -0.3 is 15.4 Å². The highest BCUT2D eigenvalue weighted by Crippen LogP contribution is 2.17. The fraction of sp³-hybridized carbons (Fsp3) is 0.158. The zero-order valence-corrected chi connectivity index (χ0v) is 13.5. The van der Waals surface area contributed by atoms with Crippen molar-refractivity contribution in [3.63, 3.8) is 0 Å². The maximum absolute atomic E-state index is 11.1. The molecular formula is C19H19N3O2. The number of para-hydroxylation sites is 1. The Morgan fingerprint density at radius 3 is 2.83 bits per heavy atom. The quantitative estimate of drug-likeness (QED) is 0.680. The smallest absolute Gasteiger partial charge is 0.221 e. The molecule has 3 rings (SSSR count). The van der Waals surface area contributed by atoms with Crippen LogP contribution in [0.1, 0.15) is 6.92 Å². The largest absolute Gasteiger partial charge is 0.492 e. The number of pyridine rings is 1. The van der Waals surface area contributed by atoms with Crippen molar-refractivity contribution in [3.05, 3.63) is 60.7 Å². The Kier molecular flexibility index (Phi) is 4.91. The molecule has 0 saturated carbocycles. The van der Waals surface area contributed by atoms with Gasteiger partial charge in [0.05, 0.1) is 12.1 Å². The molecule has 0 radical (unpaired) electrons. The molecule has 0 aliphatic carbocycles. The average molecular weight is 321 g/mol. The van der Waals surface area contributed by atoms with E-state index in [2.05, 4.69) is 15.6 Å². The summed E-state index contributed by atoms with van der Waals surface area (Å²) >= 11 is 0. The third kappa shape index (κ3) is 4.23. The first-order chi connectivity index (χ1) is 11.7. The first-order valence-electron chi connectivity index (χ1n) is 7.81. The van der Waals surface area contributed by atoms with Gasteiger partial charge in [-0.3, -0.25) is 4.79 Å². The highest BCUT2D eigenvalue weighted by Gasteiger charge is 2.00. The van der Waals surface area contributed by atoms with Crippen LogP contribution in [0.25, 0.3) is 10.9 Å². The minimum atomic E-state index is -0.101. The van der Waals surface area contributed by atoms with E-state index in [1.165, 1.54) is 6.92 Å². The van der Waals surface area contributed by atoms with E-state index in [0.717, 1.165) is 28.2 Å². The molecule has 24 heavy (non-hydrogen) atoms. The topological polar surface area (TPSA) is 63.2 Å². The lowest BCUT2D eigenvalue weighted by Gasteiger charge is -2.10. The van der Waals surface area contributed by atoms with Crippen molar-refractivity contribution in [2.45, 2.75) is 6.92 Å². The average Bonchev–Trinajstić information content (AvgIpc) is 2.58. The SMILES string of the molecule is CC(=O)Nc1cccc(OCCNc2ccc3ccccc3n2)c1. The summed E-state index contributed by atoms with van der Waals surface area (Å²) in [5.41, 5.74) is 1.69. The summed E-state index contributed by atoms with van der Waals surface area (Å²) in [6, 6.07) is 19.3. The van der Waals surface area contributed by atoms with Crippen molar-refractivity contribution in [2.24, 2.45) is 0 Å². The second-order valence-corrected chi connectivity index (χ2v) is 5.37. The third-order valence-corrected chi connectivity index (χ3v) is 3.43. The maximum atomic E-state index is 11.1. The van der Waals surface area contributed by atoms with Crippen LogP contribution >= 0.6 is 0 Å². The summed E-state index contributed by atoms with van der Waals surface area (Å²) in [6.45, 7) is 2.61. The number of nitrogens with zero attached hydrogens (tertiary/aromatic N) is 1. The van der Waals surface area contributed by atoms with E-state index in [0.29, 0.717) is 13.2 Å². The van der Waals surface area contributed by atoms with Gasteiger partial charge in [0.2, 0.25) is 5.91 Å². The van der Waals surface area contributed by atoms with Crippen LogP contribution in [0.4, 0.5) is 11.5 Å². The Labute approximate surface area is 140 Å². The molecule has 1 heterocycles. The van der Waals surface area contributed by atoms with E-state index >= 15 is 0 Å². The Hall–Kier alpha value is -3.08. The van der Waals surface area contributed by atoms with E-state index in [1.54, 1.807) is 6.07 Å². The van der Waals surface area contributed by atoms with Gasteiger partial charge in [0.1, 0.15) is 18.2 Å². The molecule has 3 aromatic rings. The van der Waals surface area contributed by atoms with Gasteiger partial charge in [0, 0.05) is 24.1 Å². The normalized spacial score (nSPS) is 10.4. The number of hydrogen-bond donors (Lipinski definition) is 2. The first kappa shape index (κ1) is 15.8. The molecule has 0 unspecified atom stereocenters. The van der Waals surface area contributed by atoms with E-state index in [-0.39, 0.29) is 5.91 Å². The number of amides is 1. The number of nitrogens with one attached hydrogen (secondary N) is 2. The number of rotatable bonds is 6. The highest BCUT2D eigenvalue weighted by atomic mass is 16.5. The number of hydrogen-bond acceptors (Lipinski definition) is 4. The fourth-order valence-corrected chi connectivity index (χ4v) is 2.38. The van der Waals surface area contributed by atoms with Crippen LogP contribution in [-0.2, 0) is 4.79 Å². The van der Waals surface area contributed by atoms with Crippen LogP contribution in [0.2, 0.25) is 0 Å². The minimum absolute atomic E-state index is 0.101. The number of ether oxygens (including phenoxy) is 1. The second kappa shape index (κ2) is 7.46. The fourth-order valence-electron chi connectivity index (χ4n) is 2.38. The Morgan fingerprint density at radius 1 is 1.08 bits per heavy atom. The number of aromatic nitrogens is 1. The molecular weight excluding hydrogens is 302 g/mol. The van der Waals surface area contributed by atoms with Crippen LogP contribution < -0.4 is 15.4 Å². The molecule has 0 saturated heterocycles. The van der Waals surface area contributed by atoms with E-state index in [4.69, 9.17) is 4.74 Å². The predicted octanol–water partition coefficient (Wildman–Crippen LogP) is 3.68. The molecule has 0 aliphatic rings. The minimum Gasteiger partial charge on any atom is -0.492 e. The summed E-state index contributed by atoms with van der Waals surface area (Å²) in [5.74, 6) is 1.44. The summed E-state index contributed by atoms with van der Waals surface area (Å²) in [4.78, 5) is 15.6. The van der Waals surface area contributed by atoms with E-state index in [1.807, 2.05) is 54.6 Å². The lowest BCUT2D eigenvalue weighted by Crippen LogP contribution is -2.12. The molecule has 122 valence electrons. The Morgan fingerprint density at radius 2 is 1.96 bits per heavy atom. The lowest BCUT2D eigenvalue weighted by molar-refractivity contribution is -0.114. The molecule has 0 aliphatic heterocycles. The van der Waals surface area contributed by atoms with Crippen LogP contribution in [0, 0.1) is 0 Å². The summed E-state index contributed by atoms with van der Waals surface area (Å²) in [6.07, 6.45) is 0. The van der Waals surface area contributed by atoms with Crippen molar-refractivity contribution in [2.75, 3.05) is 23.8 Å². The molecule has 2 aromatic carbocycles. The number of benzene rings is 2. The molecule has 5 nitrogen and oxygen atoms in total. The molecule has 1 aromatic heterocycles. The molecule has 1 amide bonds. The molecule has 0 fully saturated rings. The van der Waals surface area contributed by atoms with Gasteiger partial charge in [-0.05, 0) is 30.3 Å². The molecule has 2 N–H and O–H groups in total. The van der Waals surface area contributed by atoms with Gasteiger partial charge in [-0.25, -0.2) is 4.98 Å². The zero-order valence-electron chi connectivity index (χ0n) is 13.5. The van der Waals surface area contributed by atoms with Crippen molar-refractivity contribution in [1.29, 1.82) is 0 Å². The van der Waals surface area contributed by atoms with Crippen molar-refractivity contribution in [3.8, 4) is 5.75 Å². The second-order valence-electron chi connectivity index (χ2n) is 5.37. The molecule has 5 heteroatoms. The van der Waals surface area contributed by atoms with Crippen molar-refractivity contribution >= 4 is 28.3 Å². The van der Waals surface area contributed by atoms with Gasteiger partial charge in [0.25, 0.3) is 0 Å². The van der Waals surface area contributed by atoms with Gasteiger partial charge in [-0.2, -0.15) is 0 Å². The number of carbonyl (C=O) groups is 1. The number of fused-ring (bicyclic) bond motifs is 1. The number of anilines is 2. The predicted molar refractivity (Wildman–Crippen MR) is 96.5 cm³/mol. The highest BCUT2D eigenvalue weighted by molar-refractivity contribution is 5.88. The summed E-state index contributed by atoms with van der Waals surface area (Å²) in [5, 5.41) is 7.10. The van der Waals surface area contributed by atoms with Crippen LogP contribution in [-0.4, -0.2) is 24.0 Å². The van der Waals surface area contributed by atoms with Crippen molar-refractivity contribution in [1.82, 2.24) is 4.98 Å². The van der Waals surface area contributed by atoms with Gasteiger partial charge >= 0.3 is 0 Å². The maximum Gasteiger partial charge on any atom is 0.221 e. The molecule has 0 spiro atoms. The van der Waals surface area contributed by atoms with Gasteiger partial charge in [-0.15, -0.1) is 0 Å².